The number of rotatable bonds is 6. The first-order valence-corrected chi connectivity index (χ1v) is 9.30. The molecule has 0 spiro atoms. The van der Waals surface area contributed by atoms with Gasteiger partial charge in [0.2, 0.25) is 10.0 Å². The van der Waals surface area contributed by atoms with Crippen LogP contribution in [0.15, 0.2) is 35.9 Å². The van der Waals surface area contributed by atoms with E-state index in [0.29, 0.717) is 12.2 Å². The molecule has 0 aliphatic heterocycles. The summed E-state index contributed by atoms with van der Waals surface area (Å²) in [5.74, 6) is -1.21. The van der Waals surface area contributed by atoms with Gasteiger partial charge in [-0.05, 0) is 56.4 Å². The van der Waals surface area contributed by atoms with Gasteiger partial charge in [0.15, 0.2) is 0 Å². The molecule has 2 amide bonds. The number of hydrogen-bond donors (Lipinski definition) is 2. The monoisotopic (exact) mass is 374 g/mol. The maximum absolute atomic E-state index is 12.9. The SMILES string of the molecule is O=C(NCCC1=CCCCC1)c1nnc(C(=O)Nc2ccc(F)cc2)s1. The van der Waals surface area contributed by atoms with E-state index in [0.717, 1.165) is 30.6 Å². The third-order valence-electron chi connectivity index (χ3n) is 4.03. The fourth-order valence-electron chi connectivity index (χ4n) is 2.67. The highest BCUT2D eigenvalue weighted by atomic mass is 32.1. The summed E-state index contributed by atoms with van der Waals surface area (Å²) in [4.78, 5) is 24.2. The van der Waals surface area contributed by atoms with Gasteiger partial charge in [0.25, 0.3) is 11.8 Å². The Bertz CT molecular complexity index is 817. The van der Waals surface area contributed by atoms with Crippen molar-refractivity contribution in [2.75, 3.05) is 11.9 Å². The molecule has 0 bridgehead atoms. The third-order valence-corrected chi connectivity index (χ3v) is 4.95. The molecular formula is C18H19FN4O2S. The molecule has 3 rings (SSSR count). The molecule has 1 aromatic carbocycles. The summed E-state index contributed by atoms with van der Waals surface area (Å²) in [6, 6.07) is 5.39. The highest BCUT2D eigenvalue weighted by molar-refractivity contribution is 7.15. The van der Waals surface area contributed by atoms with E-state index in [4.69, 9.17) is 0 Å². The largest absolute Gasteiger partial charge is 0.350 e. The van der Waals surface area contributed by atoms with E-state index in [1.165, 1.54) is 42.7 Å². The zero-order chi connectivity index (χ0) is 18.4. The minimum absolute atomic E-state index is 0.0782. The molecule has 0 unspecified atom stereocenters. The number of aromatic nitrogens is 2. The molecule has 136 valence electrons. The predicted octanol–water partition coefficient (Wildman–Crippen LogP) is 3.55. The Morgan fingerprint density at radius 2 is 1.81 bits per heavy atom. The Balaban J connectivity index is 1.51. The van der Waals surface area contributed by atoms with Gasteiger partial charge in [-0.3, -0.25) is 9.59 Å². The van der Waals surface area contributed by atoms with Gasteiger partial charge in [-0.15, -0.1) is 10.2 Å². The maximum Gasteiger partial charge on any atom is 0.286 e. The van der Waals surface area contributed by atoms with Crippen molar-refractivity contribution in [2.45, 2.75) is 32.1 Å². The van der Waals surface area contributed by atoms with Gasteiger partial charge in [-0.2, -0.15) is 0 Å². The molecule has 26 heavy (non-hydrogen) atoms. The molecule has 0 saturated heterocycles. The quantitative estimate of drug-likeness (QED) is 0.758. The topological polar surface area (TPSA) is 84.0 Å². The summed E-state index contributed by atoms with van der Waals surface area (Å²) in [6.07, 6.45) is 7.75. The number of allylic oxidation sites excluding steroid dienone is 1. The summed E-state index contributed by atoms with van der Waals surface area (Å²) in [5, 5.41) is 13.2. The number of nitrogens with one attached hydrogen (secondary N) is 2. The average Bonchev–Trinajstić information content (AvgIpc) is 3.15. The van der Waals surface area contributed by atoms with Gasteiger partial charge >= 0.3 is 0 Å². The molecule has 1 heterocycles. The molecule has 0 saturated carbocycles. The molecule has 1 aromatic heterocycles. The maximum atomic E-state index is 12.9. The average molecular weight is 374 g/mol. The number of anilines is 1. The lowest BCUT2D eigenvalue weighted by Crippen LogP contribution is -2.24. The normalized spacial score (nSPS) is 13.8. The van der Waals surface area contributed by atoms with Crippen LogP contribution >= 0.6 is 11.3 Å². The van der Waals surface area contributed by atoms with Gasteiger partial charge in [-0.1, -0.05) is 23.0 Å². The summed E-state index contributed by atoms with van der Waals surface area (Å²) in [6.45, 7) is 0.543. The van der Waals surface area contributed by atoms with E-state index in [-0.39, 0.29) is 21.7 Å². The van der Waals surface area contributed by atoms with Crippen LogP contribution in [-0.4, -0.2) is 28.6 Å². The van der Waals surface area contributed by atoms with E-state index in [1.54, 1.807) is 0 Å². The number of carbonyl (C=O) groups is 2. The van der Waals surface area contributed by atoms with Crippen molar-refractivity contribution in [1.29, 1.82) is 0 Å². The number of amides is 2. The minimum atomic E-state index is -0.486. The second-order valence-electron chi connectivity index (χ2n) is 5.99. The van der Waals surface area contributed by atoms with Crippen LogP contribution in [0.3, 0.4) is 0 Å². The molecule has 6 nitrogen and oxygen atoms in total. The summed E-state index contributed by atoms with van der Waals surface area (Å²) < 4.78 is 12.9. The number of carbonyl (C=O) groups excluding carboxylic acids is 2. The molecular weight excluding hydrogens is 355 g/mol. The van der Waals surface area contributed by atoms with Gasteiger partial charge in [0, 0.05) is 12.2 Å². The number of benzene rings is 1. The lowest BCUT2D eigenvalue weighted by Gasteiger charge is -2.12. The third kappa shape index (κ3) is 4.95. The van der Waals surface area contributed by atoms with Crippen LogP contribution in [-0.2, 0) is 0 Å². The molecule has 1 aliphatic rings. The van der Waals surface area contributed by atoms with Crippen LogP contribution < -0.4 is 10.6 Å². The van der Waals surface area contributed by atoms with Crippen LogP contribution in [0.25, 0.3) is 0 Å². The van der Waals surface area contributed by atoms with Crippen molar-refractivity contribution >= 4 is 28.8 Å². The van der Waals surface area contributed by atoms with Gasteiger partial charge in [-0.25, -0.2) is 4.39 Å². The Kier molecular flexibility index (Phi) is 6.06. The van der Waals surface area contributed by atoms with E-state index < -0.39 is 5.91 Å². The molecule has 2 aromatic rings. The Morgan fingerprint density at radius 3 is 2.50 bits per heavy atom. The predicted molar refractivity (Wildman–Crippen MR) is 97.8 cm³/mol. The second kappa shape index (κ2) is 8.66. The smallest absolute Gasteiger partial charge is 0.286 e. The molecule has 2 N–H and O–H groups in total. The Hall–Kier alpha value is -2.61. The second-order valence-corrected chi connectivity index (χ2v) is 6.96. The van der Waals surface area contributed by atoms with Gasteiger partial charge in [0.1, 0.15) is 5.82 Å². The summed E-state index contributed by atoms with van der Waals surface area (Å²) in [7, 11) is 0. The molecule has 0 atom stereocenters. The zero-order valence-corrected chi connectivity index (χ0v) is 14.9. The summed E-state index contributed by atoms with van der Waals surface area (Å²) in [5.41, 5.74) is 1.83. The van der Waals surface area contributed by atoms with Gasteiger partial charge in [0.05, 0.1) is 0 Å². The molecule has 0 radical (unpaired) electrons. The molecule has 0 fully saturated rings. The first-order chi connectivity index (χ1) is 12.6. The van der Waals surface area contributed by atoms with Crippen LogP contribution in [0, 0.1) is 5.82 Å². The number of halogens is 1. The highest BCUT2D eigenvalue weighted by Gasteiger charge is 2.17. The van der Waals surface area contributed by atoms with Crippen molar-refractivity contribution in [3.05, 3.63) is 51.7 Å². The lowest BCUT2D eigenvalue weighted by molar-refractivity contribution is 0.0951. The Morgan fingerprint density at radius 1 is 1.08 bits per heavy atom. The Labute approximate surface area is 154 Å². The van der Waals surface area contributed by atoms with E-state index in [2.05, 4.69) is 26.9 Å². The van der Waals surface area contributed by atoms with E-state index in [1.807, 2.05) is 0 Å². The van der Waals surface area contributed by atoms with Crippen molar-refractivity contribution in [1.82, 2.24) is 15.5 Å². The molecule has 1 aliphatic carbocycles. The van der Waals surface area contributed by atoms with Crippen molar-refractivity contribution < 1.29 is 14.0 Å². The number of nitrogens with zero attached hydrogens (tertiary/aromatic N) is 2. The number of hydrogen-bond acceptors (Lipinski definition) is 5. The van der Waals surface area contributed by atoms with Crippen molar-refractivity contribution in [3.8, 4) is 0 Å². The van der Waals surface area contributed by atoms with Crippen LogP contribution in [0.1, 0.15) is 51.7 Å². The zero-order valence-electron chi connectivity index (χ0n) is 14.1. The van der Waals surface area contributed by atoms with Gasteiger partial charge < -0.3 is 10.6 Å². The first kappa shape index (κ1) is 18.2. The van der Waals surface area contributed by atoms with E-state index >= 15 is 0 Å². The first-order valence-electron chi connectivity index (χ1n) is 8.48. The lowest BCUT2D eigenvalue weighted by atomic mass is 9.97. The van der Waals surface area contributed by atoms with E-state index in [9.17, 15) is 14.0 Å². The molecule has 8 heteroatoms. The van der Waals surface area contributed by atoms with Crippen LogP contribution in [0.5, 0.6) is 0 Å². The van der Waals surface area contributed by atoms with Crippen LogP contribution in [0.4, 0.5) is 10.1 Å². The fourth-order valence-corrected chi connectivity index (χ4v) is 3.32. The van der Waals surface area contributed by atoms with Crippen LogP contribution in [0.2, 0.25) is 0 Å². The van der Waals surface area contributed by atoms with Crippen molar-refractivity contribution in [2.24, 2.45) is 0 Å². The minimum Gasteiger partial charge on any atom is -0.350 e. The van der Waals surface area contributed by atoms with Crippen molar-refractivity contribution in [3.63, 3.8) is 0 Å². The standard InChI is InChI=1S/C18H19FN4O2S/c19-13-6-8-14(9-7-13)21-16(25)18-23-22-17(26-18)15(24)20-11-10-12-4-2-1-3-5-12/h4,6-9H,1-3,5,10-11H2,(H,20,24)(H,21,25). The fraction of sp³-hybridized carbons (Fsp3) is 0.333. The highest BCUT2D eigenvalue weighted by Crippen LogP contribution is 2.19. The summed E-state index contributed by atoms with van der Waals surface area (Å²) >= 11 is 0.923.